The Hall–Kier alpha value is -4.35. The number of aromatic nitrogens is 4. The van der Waals surface area contributed by atoms with Crippen LogP contribution in [0.4, 0.5) is 23.0 Å². The molecule has 2 aromatic carbocycles. The van der Waals surface area contributed by atoms with E-state index in [2.05, 4.69) is 27.1 Å². The molecule has 1 aliphatic rings. The summed E-state index contributed by atoms with van der Waals surface area (Å²) in [7, 11) is 7.56. The van der Waals surface area contributed by atoms with Crippen molar-refractivity contribution in [3.05, 3.63) is 54.2 Å². The van der Waals surface area contributed by atoms with Crippen molar-refractivity contribution >= 4 is 51.4 Å². The third kappa shape index (κ3) is 5.38. The van der Waals surface area contributed by atoms with Crippen molar-refractivity contribution in [2.45, 2.75) is 6.54 Å². The third-order valence-electron chi connectivity index (χ3n) is 6.56. The van der Waals surface area contributed by atoms with Gasteiger partial charge in [-0.1, -0.05) is 30.3 Å². The number of carbonyl (C=O) groups is 1. The van der Waals surface area contributed by atoms with Gasteiger partial charge in [0, 0.05) is 31.6 Å². The van der Waals surface area contributed by atoms with Gasteiger partial charge in [0.15, 0.2) is 0 Å². The Balaban J connectivity index is 1.53. The molecule has 0 aliphatic carbocycles. The monoisotopic (exact) mass is 562 g/mol. The van der Waals surface area contributed by atoms with Crippen molar-refractivity contribution in [1.29, 1.82) is 0 Å². The molecular weight excluding hydrogens is 532 g/mol. The second-order valence-electron chi connectivity index (χ2n) is 9.58. The van der Waals surface area contributed by atoms with Crippen LogP contribution in [0.3, 0.4) is 0 Å². The Morgan fingerprint density at radius 1 is 1.23 bits per heavy atom. The predicted molar refractivity (Wildman–Crippen MR) is 158 cm³/mol. The van der Waals surface area contributed by atoms with Crippen LogP contribution >= 0.6 is 11.6 Å². The molecule has 2 N–H and O–H groups in total. The van der Waals surface area contributed by atoms with Crippen LogP contribution < -0.4 is 25.0 Å². The highest BCUT2D eigenvalue weighted by Gasteiger charge is 2.23. The summed E-state index contributed by atoms with van der Waals surface area (Å²) in [5.74, 6) is 1.29. The van der Waals surface area contributed by atoms with Gasteiger partial charge in [-0.25, -0.2) is 9.97 Å². The molecule has 5 rings (SSSR count). The maximum absolute atomic E-state index is 12.3. The normalized spacial score (nSPS) is 12.2. The van der Waals surface area contributed by atoms with Gasteiger partial charge in [-0.2, -0.15) is 5.10 Å². The van der Waals surface area contributed by atoms with E-state index in [-0.39, 0.29) is 11.9 Å². The van der Waals surface area contributed by atoms with Gasteiger partial charge < -0.3 is 29.9 Å². The summed E-state index contributed by atoms with van der Waals surface area (Å²) in [6.07, 6.45) is 2.76. The zero-order valence-corrected chi connectivity index (χ0v) is 23.6. The fourth-order valence-electron chi connectivity index (χ4n) is 4.52. The van der Waals surface area contributed by atoms with Crippen molar-refractivity contribution in [2.24, 2.45) is 0 Å². The van der Waals surface area contributed by atoms with E-state index in [0.29, 0.717) is 46.7 Å². The number of anilines is 4. The number of ether oxygens (including phenoxy) is 2. The number of methoxy groups -OCH3 is 1. The predicted octanol–water partition coefficient (Wildman–Crippen LogP) is 4.41. The van der Waals surface area contributed by atoms with Crippen molar-refractivity contribution in [3.8, 4) is 22.9 Å². The van der Waals surface area contributed by atoms with Crippen molar-refractivity contribution < 1.29 is 14.3 Å². The van der Waals surface area contributed by atoms with E-state index >= 15 is 0 Å². The van der Waals surface area contributed by atoms with Crippen molar-refractivity contribution in [1.82, 2.24) is 24.6 Å². The molecule has 0 unspecified atom stereocenters. The summed E-state index contributed by atoms with van der Waals surface area (Å²) >= 11 is 6.58. The minimum absolute atomic E-state index is 0.289. The van der Waals surface area contributed by atoms with E-state index in [4.69, 9.17) is 31.2 Å². The number of carbonyl (C=O) groups excluding carboxylic acids is 1. The molecule has 0 atom stereocenters. The quantitative estimate of drug-likeness (QED) is 0.271. The number of rotatable bonds is 10. The first-order chi connectivity index (χ1) is 19.3. The molecule has 2 aromatic heterocycles. The number of para-hydroxylation sites is 1. The summed E-state index contributed by atoms with van der Waals surface area (Å²) < 4.78 is 13.4. The zero-order chi connectivity index (χ0) is 28.4. The summed E-state index contributed by atoms with van der Waals surface area (Å²) in [6, 6.07) is 9.47. The summed E-state index contributed by atoms with van der Waals surface area (Å²) in [5.41, 5.74) is 3.97. The first-order valence-corrected chi connectivity index (χ1v) is 13.1. The molecule has 12 heteroatoms. The zero-order valence-electron chi connectivity index (χ0n) is 22.9. The maximum atomic E-state index is 12.3. The third-order valence-corrected chi connectivity index (χ3v) is 6.84. The summed E-state index contributed by atoms with van der Waals surface area (Å²) in [4.78, 5) is 25.5. The van der Waals surface area contributed by atoms with Gasteiger partial charge in [0.2, 0.25) is 11.9 Å². The first kappa shape index (κ1) is 27.2. The SMILES string of the molecule is C=CC(=O)Nc1cc(Nc2ncc(Cl)c(-c3nn4c5c(cccc35)OCC4)n2)c(OC)cc1N(C)CCN(C)C. The molecule has 3 heterocycles. The smallest absolute Gasteiger partial charge is 0.247 e. The maximum Gasteiger partial charge on any atom is 0.247 e. The van der Waals surface area contributed by atoms with E-state index in [1.165, 1.54) is 12.3 Å². The molecule has 40 heavy (non-hydrogen) atoms. The fraction of sp³-hybridized carbons (Fsp3) is 0.286. The number of halogens is 1. The molecule has 0 bridgehead atoms. The van der Waals surface area contributed by atoms with Gasteiger partial charge in [0.1, 0.15) is 35.0 Å². The molecule has 208 valence electrons. The molecule has 1 aliphatic heterocycles. The minimum atomic E-state index is -0.327. The number of nitrogens with zero attached hydrogens (tertiary/aromatic N) is 6. The molecule has 11 nitrogen and oxygen atoms in total. The van der Waals surface area contributed by atoms with Crippen LogP contribution in [-0.4, -0.2) is 78.5 Å². The molecule has 0 saturated carbocycles. The highest BCUT2D eigenvalue weighted by atomic mass is 35.5. The van der Waals surface area contributed by atoms with Gasteiger partial charge in [-0.3, -0.25) is 9.48 Å². The lowest BCUT2D eigenvalue weighted by molar-refractivity contribution is -0.111. The Kier molecular flexibility index (Phi) is 7.76. The number of hydrogen-bond donors (Lipinski definition) is 2. The number of likely N-dealkylation sites (N-methyl/N-ethyl adjacent to an activating group) is 2. The second kappa shape index (κ2) is 11.4. The highest BCUT2D eigenvalue weighted by Crippen LogP contribution is 2.40. The Labute approximate surface area is 237 Å². The van der Waals surface area contributed by atoms with Crippen LogP contribution in [0.2, 0.25) is 5.02 Å². The molecule has 0 saturated heterocycles. The number of nitrogens with one attached hydrogen (secondary N) is 2. The van der Waals surface area contributed by atoms with Crippen molar-refractivity contribution in [2.75, 3.05) is 63.5 Å². The lowest BCUT2D eigenvalue weighted by Crippen LogP contribution is -2.29. The van der Waals surface area contributed by atoms with E-state index in [1.807, 2.05) is 55.0 Å². The molecule has 4 aromatic rings. The van der Waals surface area contributed by atoms with Gasteiger partial charge >= 0.3 is 0 Å². The standard InChI is InChI=1S/C28H31ClN8O3/c1-6-24(38)31-19-14-20(23(39-5)15-21(19)36(4)11-10-35(2)3)32-28-30-16-18(29)26(33-28)25-17-8-7-9-22-27(17)37(34-25)12-13-40-22/h6-9,14-16H,1,10-13H2,2-5H3,(H,31,38)(H,30,32,33). The van der Waals surface area contributed by atoms with E-state index in [9.17, 15) is 4.79 Å². The van der Waals surface area contributed by atoms with Gasteiger partial charge in [-0.15, -0.1) is 0 Å². The fourth-order valence-corrected chi connectivity index (χ4v) is 4.70. The van der Waals surface area contributed by atoms with Crippen LogP contribution in [0.5, 0.6) is 11.5 Å². The molecular formula is C28H31ClN8O3. The largest absolute Gasteiger partial charge is 0.494 e. The molecule has 0 spiro atoms. The van der Waals surface area contributed by atoms with Gasteiger partial charge in [-0.05, 0) is 32.3 Å². The Bertz CT molecular complexity index is 1590. The van der Waals surface area contributed by atoms with Crippen LogP contribution in [0.15, 0.2) is 49.2 Å². The lowest BCUT2D eigenvalue weighted by atomic mass is 10.1. The van der Waals surface area contributed by atoms with E-state index < -0.39 is 0 Å². The summed E-state index contributed by atoms with van der Waals surface area (Å²) in [5, 5.41) is 12.2. The number of hydrogen-bond acceptors (Lipinski definition) is 9. The summed E-state index contributed by atoms with van der Waals surface area (Å²) in [6.45, 7) is 6.32. The van der Waals surface area contributed by atoms with Gasteiger partial charge in [0.05, 0.1) is 41.9 Å². The average Bonchev–Trinajstić information content (AvgIpc) is 3.33. The Morgan fingerprint density at radius 2 is 2.05 bits per heavy atom. The molecule has 0 radical (unpaired) electrons. The Morgan fingerprint density at radius 3 is 2.80 bits per heavy atom. The molecule has 1 amide bonds. The minimum Gasteiger partial charge on any atom is -0.494 e. The van der Waals surface area contributed by atoms with Crippen LogP contribution in [0, 0.1) is 0 Å². The highest BCUT2D eigenvalue weighted by molar-refractivity contribution is 6.33. The average molecular weight is 563 g/mol. The topological polar surface area (TPSA) is 110 Å². The number of amides is 1. The van der Waals surface area contributed by atoms with Crippen LogP contribution in [0.25, 0.3) is 22.3 Å². The van der Waals surface area contributed by atoms with Crippen LogP contribution in [-0.2, 0) is 11.3 Å². The van der Waals surface area contributed by atoms with Gasteiger partial charge in [0.25, 0.3) is 0 Å². The first-order valence-electron chi connectivity index (χ1n) is 12.7. The second-order valence-corrected chi connectivity index (χ2v) is 9.98. The van der Waals surface area contributed by atoms with Crippen LogP contribution in [0.1, 0.15) is 0 Å². The lowest BCUT2D eigenvalue weighted by Gasteiger charge is -2.26. The van der Waals surface area contributed by atoms with E-state index in [0.717, 1.165) is 35.4 Å². The van der Waals surface area contributed by atoms with E-state index in [1.54, 1.807) is 13.2 Å². The number of benzene rings is 2. The molecule has 0 fully saturated rings. The van der Waals surface area contributed by atoms with Crippen molar-refractivity contribution in [3.63, 3.8) is 0 Å².